The summed E-state index contributed by atoms with van der Waals surface area (Å²) in [5.74, 6) is 2.02. The van der Waals surface area contributed by atoms with Crippen LogP contribution in [0.1, 0.15) is 43.6 Å². The Labute approximate surface area is 108 Å². The second-order valence-electron chi connectivity index (χ2n) is 4.76. The average molecular weight is 254 g/mol. The van der Waals surface area contributed by atoms with Gasteiger partial charge in [-0.3, -0.25) is 0 Å². The summed E-state index contributed by atoms with van der Waals surface area (Å²) in [4.78, 5) is 4.36. The van der Waals surface area contributed by atoms with E-state index in [4.69, 9.17) is 4.42 Å². The van der Waals surface area contributed by atoms with Gasteiger partial charge in [0.05, 0.1) is 5.69 Å². The largest absolute Gasteiger partial charge is 0.437 e. The second-order valence-corrected chi connectivity index (χ2v) is 5.81. The van der Waals surface area contributed by atoms with Crippen molar-refractivity contribution < 1.29 is 4.42 Å². The SMILES string of the molecule is Cc1nc(SCCCNC2CCCC2)oc1C. The van der Waals surface area contributed by atoms with Crippen LogP contribution in [0.25, 0.3) is 0 Å². The molecule has 2 rings (SSSR count). The summed E-state index contributed by atoms with van der Waals surface area (Å²) in [7, 11) is 0. The van der Waals surface area contributed by atoms with Gasteiger partial charge < -0.3 is 9.73 Å². The molecule has 0 atom stereocenters. The van der Waals surface area contributed by atoms with Crippen molar-refractivity contribution in [1.82, 2.24) is 10.3 Å². The van der Waals surface area contributed by atoms with E-state index in [-0.39, 0.29) is 0 Å². The maximum Gasteiger partial charge on any atom is 0.256 e. The fourth-order valence-electron chi connectivity index (χ4n) is 2.17. The minimum atomic E-state index is 0.784. The molecule has 0 aliphatic heterocycles. The van der Waals surface area contributed by atoms with Gasteiger partial charge in [-0.15, -0.1) is 0 Å². The number of nitrogens with zero attached hydrogens (tertiary/aromatic N) is 1. The predicted molar refractivity (Wildman–Crippen MR) is 71.6 cm³/mol. The molecule has 1 aliphatic carbocycles. The highest BCUT2D eigenvalue weighted by molar-refractivity contribution is 7.99. The molecule has 1 heterocycles. The van der Waals surface area contributed by atoms with Crippen molar-refractivity contribution in [3.8, 4) is 0 Å². The molecule has 1 N–H and O–H groups in total. The number of hydrogen-bond donors (Lipinski definition) is 1. The van der Waals surface area contributed by atoms with Gasteiger partial charge in [0.15, 0.2) is 0 Å². The fourth-order valence-corrected chi connectivity index (χ4v) is 3.02. The van der Waals surface area contributed by atoms with Crippen LogP contribution in [-0.4, -0.2) is 23.3 Å². The summed E-state index contributed by atoms with van der Waals surface area (Å²) < 4.78 is 5.53. The van der Waals surface area contributed by atoms with Crippen LogP contribution in [0.15, 0.2) is 9.64 Å². The molecule has 0 radical (unpaired) electrons. The Morgan fingerprint density at radius 1 is 1.35 bits per heavy atom. The van der Waals surface area contributed by atoms with Crippen LogP contribution in [-0.2, 0) is 0 Å². The van der Waals surface area contributed by atoms with Crippen molar-refractivity contribution in [2.75, 3.05) is 12.3 Å². The highest BCUT2D eigenvalue weighted by Crippen LogP contribution is 2.21. The first-order valence-electron chi connectivity index (χ1n) is 6.56. The Hall–Kier alpha value is -0.480. The molecule has 0 aromatic carbocycles. The Bertz CT molecular complexity index is 326. The summed E-state index contributed by atoms with van der Waals surface area (Å²) in [6.45, 7) is 5.08. The van der Waals surface area contributed by atoms with Crippen molar-refractivity contribution in [3.05, 3.63) is 11.5 Å². The molecule has 17 heavy (non-hydrogen) atoms. The molecule has 96 valence electrons. The molecule has 3 nitrogen and oxygen atoms in total. The van der Waals surface area contributed by atoms with Gasteiger partial charge in [-0.05, 0) is 39.7 Å². The number of oxazole rings is 1. The monoisotopic (exact) mass is 254 g/mol. The summed E-state index contributed by atoms with van der Waals surface area (Å²) in [6, 6.07) is 0.784. The van der Waals surface area contributed by atoms with Gasteiger partial charge in [0, 0.05) is 11.8 Å². The topological polar surface area (TPSA) is 38.1 Å². The van der Waals surface area contributed by atoms with E-state index in [1.807, 2.05) is 13.8 Å². The molecule has 1 saturated carbocycles. The number of thioether (sulfide) groups is 1. The minimum absolute atomic E-state index is 0.784. The molecule has 0 unspecified atom stereocenters. The number of nitrogens with one attached hydrogen (secondary N) is 1. The lowest BCUT2D eigenvalue weighted by atomic mass is 10.2. The Morgan fingerprint density at radius 2 is 2.12 bits per heavy atom. The minimum Gasteiger partial charge on any atom is -0.437 e. The van der Waals surface area contributed by atoms with Crippen molar-refractivity contribution in [1.29, 1.82) is 0 Å². The molecule has 0 saturated heterocycles. The lowest BCUT2D eigenvalue weighted by molar-refractivity contribution is 0.431. The molecule has 1 aromatic rings. The number of rotatable bonds is 6. The maximum absolute atomic E-state index is 5.53. The third-order valence-electron chi connectivity index (χ3n) is 3.34. The van der Waals surface area contributed by atoms with Gasteiger partial charge in [0.25, 0.3) is 5.22 Å². The van der Waals surface area contributed by atoms with Crippen molar-refractivity contribution >= 4 is 11.8 Å². The Kier molecular flexibility index (Phi) is 4.92. The van der Waals surface area contributed by atoms with Crippen LogP contribution in [0.5, 0.6) is 0 Å². The van der Waals surface area contributed by atoms with Gasteiger partial charge in [-0.2, -0.15) is 0 Å². The number of hydrogen-bond acceptors (Lipinski definition) is 4. The number of aromatic nitrogens is 1. The lowest BCUT2D eigenvalue weighted by Gasteiger charge is -2.10. The molecule has 1 fully saturated rings. The van der Waals surface area contributed by atoms with Crippen molar-refractivity contribution in [2.24, 2.45) is 0 Å². The third kappa shape index (κ3) is 4.03. The highest BCUT2D eigenvalue weighted by Gasteiger charge is 2.13. The molecular formula is C13H22N2OS. The smallest absolute Gasteiger partial charge is 0.256 e. The molecule has 4 heteroatoms. The first-order chi connectivity index (χ1) is 8.25. The second kappa shape index (κ2) is 6.45. The lowest BCUT2D eigenvalue weighted by Crippen LogP contribution is -2.27. The Balaban J connectivity index is 1.56. The van der Waals surface area contributed by atoms with E-state index in [0.717, 1.165) is 35.0 Å². The number of aryl methyl sites for hydroxylation is 2. The van der Waals surface area contributed by atoms with Crippen molar-refractivity contribution in [3.63, 3.8) is 0 Å². The Morgan fingerprint density at radius 3 is 2.76 bits per heavy atom. The van der Waals surface area contributed by atoms with Gasteiger partial charge in [-0.1, -0.05) is 24.6 Å². The standard InChI is InChI=1S/C13H22N2OS/c1-10-11(2)16-13(15-10)17-9-5-8-14-12-6-3-4-7-12/h12,14H,3-9H2,1-2H3. The van der Waals surface area contributed by atoms with E-state index in [2.05, 4.69) is 10.3 Å². The summed E-state index contributed by atoms with van der Waals surface area (Å²) in [5.41, 5.74) is 1.01. The summed E-state index contributed by atoms with van der Waals surface area (Å²) in [5, 5.41) is 4.44. The molecule has 1 aromatic heterocycles. The molecule has 0 bridgehead atoms. The highest BCUT2D eigenvalue weighted by atomic mass is 32.2. The summed E-state index contributed by atoms with van der Waals surface area (Å²) >= 11 is 1.72. The quantitative estimate of drug-likeness (QED) is 0.624. The maximum atomic E-state index is 5.53. The normalized spacial score (nSPS) is 16.8. The fraction of sp³-hybridized carbons (Fsp3) is 0.769. The van der Waals surface area contributed by atoms with Gasteiger partial charge in [-0.25, -0.2) is 4.98 Å². The van der Waals surface area contributed by atoms with E-state index in [0.29, 0.717) is 0 Å². The van der Waals surface area contributed by atoms with Crippen LogP contribution in [0.2, 0.25) is 0 Å². The first kappa shape index (κ1) is 13.0. The van der Waals surface area contributed by atoms with Crippen molar-refractivity contribution in [2.45, 2.75) is 57.2 Å². The molecule has 0 amide bonds. The van der Waals surface area contributed by atoms with E-state index in [1.54, 1.807) is 11.8 Å². The van der Waals surface area contributed by atoms with Crippen LogP contribution in [0.3, 0.4) is 0 Å². The van der Waals surface area contributed by atoms with Crippen LogP contribution in [0.4, 0.5) is 0 Å². The van der Waals surface area contributed by atoms with Crippen LogP contribution >= 0.6 is 11.8 Å². The van der Waals surface area contributed by atoms with E-state index >= 15 is 0 Å². The van der Waals surface area contributed by atoms with Gasteiger partial charge >= 0.3 is 0 Å². The van der Waals surface area contributed by atoms with E-state index < -0.39 is 0 Å². The van der Waals surface area contributed by atoms with Crippen LogP contribution in [0, 0.1) is 13.8 Å². The van der Waals surface area contributed by atoms with Crippen LogP contribution < -0.4 is 5.32 Å². The third-order valence-corrected chi connectivity index (χ3v) is 4.26. The van der Waals surface area contributed by atoms with E-state index in [9.17, 15) is 0 Å². The first-order valence-corrected chi connectivity index (χ1v) is 7.54. The molecular weight excluding hydrogens is 232 g/mol. The zero-order chi connectivity index (χ0) is 12.1. The average Bonchev–Trinajstić information content (AvgIpc) is 2.90. The molecule has 1 aliphatic rings. The van der Waals surface area contributed by atoms with Gasteiger partial charge in [0.2, 0.25) is 0 Å². The van der Waals surface area contributed by atoms with E-state index in [1.165, 1.54) is 32.1 Å². The predicted octanol–water partition coefficient (Wildman–Crippen LogP) is 3.31. The van der Waals surface area contributed by atoms with Gasteiger partial charge in [0.1, 0.15) is 5.76 Å². The zero-order valence-electron chi connectivity index (χ0n) is 10.8. The zero-order valence-corrected chi connectivity index (χ0v) is 11.6. The summed E-state index contributed by atoms with van der Waals surface area (Å²) in [6.07, 6.45) is 6.72. The molecule has 0 spiro atoms.